The molecule has 0 fully saturated rings. The summed E-state index contributed by atoms with van der Waals surface area (Å²) < 4.78 is 21.0. The minimum absolute atomic E-state index is 0.0253. The van der Waals surface area contributed by atoms with E-state index >= 15 is 0 Å². The van der Waals surface area contributed by atoms with E-state index in [4.69, 9.17) is 18.9 Å². The van der Waals surface area contributed by atoms with Gasteiger partial charge in [-0.1, -0.05) is 0 Å². The molecule has 0 spiro atoms. The Balaban J connectivity index is 1.76. The van der Waals surface area contributed by atoms with Crippen LogP contribution in [0, 0.1) is 0 Å². The second kappa shape index (κ2) is 10.5. The number of aliphatic carboxylic acids is 1. The second-order valence-corrected chi connectivity index (χ2v) is 7.00. The van der Waals surface area contributed by atoms with Crippen molar-refractivity contribution < 1.29 is 34.0 Å². The first-order valence-corrected chi connectivity index (χ1v) is 9.51. The van der Waals surface area contributed by atoms with E-state index in [0.717, 1.165) is 0 Å². The van der Waals surface area contributed by atoms with Gasteiger partial charge in [0, 0.05) is 18.4 Å². The number of phenols is 1. The van der Waals surface area contributed by atoms with Crippen molar-refractivity contribution in [2.75, 3.05) is 52.5 Å². The van der Waals surface area contributed by atoms with Crippen LogP contribution >= 0.6 is 11.8 Å². The van der Waals surface area contributed by atoms with Crippen molar-refractivity contribution in [1.82, 2.24) is 0 Å². The van der Waals surface area contributed by atoms with Gasteiger partial charge in [-0.3, -0.25) is 4.99 Å². The Morgan fingerprint density at radius 2 is 1.85 bits per heavy atom. The molecular formula is C18H25NO7S. The third kappa shape index (κ3) is 6.39. The van der Waals surface area contributed by atoms with E-state index in [1.165, 1.54) is 17.8 Å². The molecule has 0 aliphatic carbocycles. The first-order valence-electron chi connectivity index (χ1n) is 8.53. The van der Waals surface area contributed by atoms with Crippen molar-refractivity contribution in [3.63, 3.8) is 0 Å². The summed E-state index contributed by atoms with van der Waals surface area (Å²) in [6, 6.07) is 4.91. The molecule has 0 bridgehead atoms. The van der Waals surface area contributed by atoms with Gasteiger partial charge in [0.05, 0.1) is 38.1 Å². The van der Waals surface area contributed by atoms with Crippen LogP contribution < -0.4 is 4.74 Å². The topological polar surface area (TPSA) is 107 Å². The van der Waals surface area contributed by atoms with Crippen molar-refractivity contribution in [3.05, 3.63) is 23.8 Å². The number of aliphatic imine (C=N–C) groups is 1. The molecule has 150 valence electrons. The highest BCUT2D eigenvalue weighted by molar-refractivity contribution is 8.14. The Labute approximate surface area is 162 Å². The standard InChI is InChI=1S/C18H25NO7S/c1-18(17(21)22)12-27-16(19-18)13-3-4-15(14(20)11-13)26-10-9-25-8-7-24-6-5-23-2/h3-4,11,20H,5-10,12H2,1-2H3,(H,21,22)/t18-/m1/s1. The molecule has 2 rings (SSSR count). The summed E-state index contributed by atoms with van der Waals surface area (Å²) in [5, 5.41) is 20.0. The Bertz CT molecular complexity index is 667. The molecule has 0 amide bonds. The number of methoxy groups -OCH3 is 1. The van der Waals surface area contributed by atoms with Gasteiger partial charge in [0.1, 0.15) is 6.61 Å². The molecule has 0 saturated carbocycles. The van der Waals surface area contributed by atoms with Crippen LogP contribution in [0.2, 0.25) is 0 Å². The number of nitrogens with zero attached hydrogens (tertiary/aromatic N) is 1. The van der Waals surface area contributed by atoms with Gasteiger partial charge < -0.3 is 29.2 Å². The molecule has 1 heterocycles. The van der Waals surface area contributed by atoms with Crippen LogP contribution in [0.25, 0.3) is 0 Å². The van der Waals surface area contributed by atoms with Gasteiger partial charge in [0.25, 0.3) is 0 Å². The maximum absolute atomic E-state index is 11.3. The molecule has 1 aliphatic rings. The van der Waals surface area contributed by atoms with Crippen LogP contribution in [-0.4, -0.2) is 79.3 Å². The predicted molar refractivity (Wildman–Crippen MR) is 102 cm³/mol. The summed E-state index contributed by atoms with van der Waals surface area (Å²) in [4.78, 5) is 15.5. The predicted octanol–water partition coefficient (Wildman–Crippen LogP) is 1.79. The minimum Gasteiger partial charge on any atom is -0.504 e. The Hall–Kier alpha value is -1.81. The molecular weight excluding hydrogens is 374 g/mol. The molecule has 1 aromatic rings. The Morgan fingerprint density at radius 3 is 2.44 bits per heavy atom. The molecule has 1 atom stereocenters. The van der Waals surface area contributed by atoms with Gasteiger partial charge in [-0.15, -0.1) is 11.8 Å². The third-order valence-electron chi connectivity index (χ3n) is 3.79. The van der Waals surface area contributed by atoms with Crippen molar-refractivity contribution in [2.45, 2.75) is 12.5 Å². The molecule has 8 nitrogen and oxygen atoms in total. The molecule has 0 unspecified atom stereocenters. The lowest BCUT2D eigenvalue weighted by Crippen LogP contribution is -2.33. The van der Waals surface area contributed by atoms with E-state index in [0.29, 0.717) is 55.1 Å². The second-order valence-electron chi connectivity index (χ2n) is 6.03. The van der Waals surface area contributed by atoms with Gasteiger partial charge in [0.15, 0.2) is 17.0 Å². The lowest BCUT2D eigenvalue weighted by atomic mass is 10.1. The van der Waals surface area contributed by atoms with Crippen molar-refractivity contribution in [2.24, 2.45) is 4.99 Å². The number of hydrogen-bond donors (Lipinski definition) is 2. The fourth-order valence-corrected chi connectivity index (χ4v) is 3.37. The molecule has 9 heteroatoms. The number of phenolic OH excluding ortho intramolecular Hbond substituents is 1. The average Bonchev–Trinajstić information content (AvgIpc) is 3.05. The monoisotopic (exact) mass is 399 g/mol. The summed E-state index contributed by atoms with van der Waals surface area (Å²) in [6.07, 6.45) is 0. The summed E-state index contributed by atoms with van der Waals surface area (Å²) in [5.41, 5.74) is -0.464. The highest BCUT2D eigenvalue weighted by Crippen LogP contribution is 2.34. The number of hydrogen-bond acceptors (Lipinski definition) is 8. The number of ether oxygens (including phenoxy) is 4. The largest absolute Gasteiger partial charge is 0.504 e. The number of carboxylic acids is 1. The van der Waals surface area contributed by atoms with Crippen LogP contribution in [0.4, 0.5) is 0 Å². The number of thioether (sulfide) groups is 1. The third-order valence-corrected chi connectivity index (χ3v) is 5.10. The van der Waals surface area contributed by atoms with Crippen LogP contribution in [0.15, 0.2) is 23.2 Å². The molecule has 0 radical (unpaired) electrons. The number of carboxylic acid groups (broad SMARTS) is 1. The SMILES string of the molecule is COCCOCCOCCOc1ccc(C2=N[C@@](C)(C(=O)O)CS2)cc1O. The van der Waals surface area contributed by atoms with Crippen LogP contribution in [0.3, 0.4) is 0 Å². The number of aromatic hydroxyl groups is 1. The lowest BCUT2D eigenvalue weighted by molar-refractivity contribution is -0.141. The summed E-state index contributed by atoms with van der Waals surface area (Å²) in [5.74, 6) is -0.285. The number of carbonyl (C=O) groups is 1. The molecule has 27 heavy (non-hydrogen) atoms. The van der Waals surface area contributed by atoms with Gasteiger partial charge in [0.2, 0.25) is 0 Å². The van der Waals surface area contributed by atoms with Crippen LogP contribution in [0.5, 0.6) is 11.5 Å². The summed E-state index contributed by atoms with van der Waals surface area (Å²) in [7, 11) is 1.62. The van der Waals surface area contributed by atoms with Crippen molar-refractivity contribution >= 4 is 22.8 Å². The maximum Gasteiger partial charge on any atom is 0.332 e. The molecule has 0 saturated heterocycles. The molecule has 2 N–H and O–H groups in total. The zero-order valence-electron chi connectivity index (χ0n) is 15.5. The average molecular weight is 399 g/mol. The Kier molecular flexibility index (Phi) is 8.36. The van der Waals surface area contributed by atoms with E-state index in [-0.39, 0.29) is 12.4 Å². The van der Waals surface area contributed by atoms with E-state index < -0.39 is 11.5 Å². The quantitative estimate of drug-likeness (QED) is 0.512. The number of rotatable bonds is 12. The van der Waals surface area contributed by atoms with Gasteiger partial charge >= 0.3 is 5.97 Å². The first kappa shape index (κ1) is 21.5. The molecule has 0 aromatic heterocycles. The normalized spacial score (nSPS) is 19.1. The van der Waals surface area contributed by atoms with E-state index in [1.54, 1.807) is 26.2 Å². The fourth-order valence-electron chi connectivity index (χ4n) is 2.20. The molecule has 1 aliphatic heterocycles. The van der Waals surface area contributed by atoms with Crippen LogP contribution in [-0.2, 0) is 19.0 Å². The van der Waals surface area contributed by atoms with Crippen molar-refractivity contribution in [1.29, 1.82) is 0 Å². The van der Waals surface area contributed by atoms with Gasteiger partial charge in [-0.05, 0) is 25.1 Å². The highest BCUT2D eigenvalue weighted by atomic mass is 32.2. The van der Waals surface area contributed by atoms with Gasteiger partial charge in [-0.2, -0.15) is 0 Å². The van der Waals surface area contributed by atoms with Crippen molar-refractivity contribution in [3.8, 4) is 11.5 Å². The van der Waals surface area contributed by atoms with Crippen LogP contribution in [0.1, 0.15) is 12.5 Å². The highest BCUT2D eigenvalue weighted by Gasteiger charge is 2.38. The zero-order chi connectivity index (χ0) is 19.7. The van der Waals surface area contributed by atoms with E-state index in [9.17, 15) is 15.0 Å². The smallest absolute Gasteiger partial charge is 0.332 e. The van der Waals surface area contributed by atoms with Gasteiger partial charge in [-0.25, -0.2) is 4.79 Å². The maximum atomic E-state index is 11.3. The lowest BCUT2D eigenvalue weighted by Gasteiger charge is -2.12. The molecule has 1 aromatic carbocycles. The fraction of sp³-hybridized carbons (Fsp3) is 0.556. The first-order chi connectivity index (χ1) is 13.0. The summed E-state index contributed by atoms with van der Waals surface area (Å²) >= 11 is 1.36. The Morgan fingerprint density at radius 1 is 1.19 bits per heavy atom. The number of benzene rings is 1. The zero-order valence-corrected chi connectivity index (χ0v) is 16.3. The van der Waals surface area contributed by atoms with E-state index in [1.807, 2.05) is 0 Å². The minimum atomic E-state index is -1.13. The summed E-state index contributed by atoms with van der Waals surface area (Å²) in [6.45, 7) is 4.27. The van der Waals surface area contributed by atoms with E-state index in [2.05, 4.69) is 4.99 Å².